The lowest BCUT2D eigenvalue weighted by atomic mass is 10.2. The molecule has 0 N–H and O–H groups in total. The third kappa shape index (κ3) is 7.72. The summed E-state index contributed by atoms with van der Waals surface area (Å²) in [6.07, 6.45) is 3.19. The van der Waals surface area contributed by atoms with Crippen molar-refractivity contribution < 1.29 is 19.0 Å². The quantitative estimate of drug-likeness (QED) is 0.272. The molecule has 2 aromatic carbocycles. The molecule has 5 rings (SSSR count). The zero-order valence-corrected chi connectivity index (χ0v) is 23.7. The van der Waals surface area contributed by atoms with Crippen molar-refractivity contribution in [2.45, 2.75) is 39.6 Å². The van der Waals surface area contributed by atoms with Crippen LogP contribution in [0.15, 0.2) is 85.2 Å². The predicted molar refractivity (Wildman–Crippen MR) is 157 cm³/mol. The molecule has 1 aliphatic heterocycles. The van der Waals surface area contributed by atoms with Gasteiger partial charge in [-0.25, -0.2) is 9.78 Å². The van der Waals surface area contributed by atoms with Crippen molar-refractivity contribution in [3.05, 3.63) is 96.3 Å². The molecule has 0 saturated carbocycles. The lowest BCUT2D eigenvalue weighted by molar-refractivity contribution is 0.0240. The van der Waals surface area contributed by atoms with Gasteiger partial charge in [-0.15, -0.1) is 0 Å². The highest BCUT2D eigenvalue weighted by molar-refractivity contribution is 5.69. The molecule has 1 fully saturated rings. The third-order valence-corrected chi connectivity index (χ3v) is 6.45. The number of nitrogens with zero attached hydrogens (tertiary/aromatic N) is 5. The van der Waals surface area contributed by atoms with Crippen LogP contribution in [0.5, 0.6) is 11.8 Å². The predicted octanol–water partition coefficient (Wildman–Crippen LogP) is 5.75. The molecule has 4 aromatic rings. The first-order chi connectivity index (χ1) is 19.8. The molecule has 0 bridgehead atoms. The summed E-state index contributed by atoms with van der Waals surface area (Å²) >= 11 is 0. The van der Waals surface area contributed by atoms with Crippen molar-refractivity contribution in [3.8, 4) is 23.0 Å². The van der Waals surface area contributed by atoms with E-state index in [4.69, 9.17) is 19.2 Å². The maximum atomic E-state index is 12.4. The van der Waals surface area contributed by atoms with Crippen LogP contribution < -0.4 is 14.4 Å². The van der Waals surface area contributed by atoms with Gasteiger partial charge < -0.3 is 24.0 Å². The second-order valence-corrected chi connectivity index (χ2v) is 10.8. The van der Waals surface area contributed by atoms with Gasteiger partial charge in [-0.05, 0) is 38.0 Å². The first-order valence-electron chi connectivity index (χ1n) is 13.7. The fourth-order valence-corrected chi connectivity index (χ4v) is 4.33. The highest BCUT2D eigenvalue weighted by Gasteiger charge is 2.26. The van der Waals surface area contributed by atoms with Gasteiger partial charge in [0.1, 0.15) is 24.6 Å². The number of rotatable bonds is 8. The first-order valence-corrected chi connectivity index (χ1v) is 13.7. The number of hydrogen-bond acceptors (Lipinski definition) is 8. The normalized spacial score (nSPS) is 13.5. The Morgan fingerprint density at radius 2 is 1.41 bits per heavy atom. The molecule has 0 aliphatic carbocycles. The zero-order chi connectivity index (χ0) is 28.7. The number of hydrogen-bond donors (Lipinski definition) is 0. The van der Waals surface area contributed by atoms with E-state index in [1.165, 1.54) is 0 Å². The van der Waals surface area contributed by atoms with Crippen LogP contribution in [0.25, 0.3) is 11.3 Å². The average molecular weight is 554 g/mol. The molecule has 0 unspecified atom stereocenters. The van der Waals surface area contributed by atoms with E-state index in [1.54, 1.807) is 17.3 Å². The number of piperazine rings is 1. The zero-order valence-electron chi connectivity index (χ0n) is 23.7. The van der Waals surface area contributed by atoms with E-state index >= 15 is 0 Å². The van der Waals surface area contributed by atoms with Gasteiger partial charge in [0.15, 0.2) is 0 Å². The first kappa shape index (κ1) is 27.9. The second kappa shape index (κ2) is 12.7. The summed E-state index contributed by atoms with van der Waals surface area (Å²) in [5.41, 5.74) is 2.94. The fraction of sp³-hybridized carbons (Fsp3) is 0.312. The van der Waals surface area contributed by atoms with Gasteiger partial charge in [-0.1, -0.05) is 60.7 Å². The number of carbonyl (C=O) groups excluding carboxylic acids is 1. The van der Waals surface area contributed by atoms with Crippen LogP contribution in [0.2, 0.25) is 0 Å². The van der Waals surface area contributed by atoms with E-state index in [2.05, 4.69) is 14.9 Å². The molecule has 1 saturated heterocycles. The Morgan fingerprint density at radius 3 is 2.00 bits per heavy atom. The van der Waals surface area contributed by atoms with E-state index in [-0.39, 0.29) is 6.09 Å². The van der Waals surface area contributed by atoms with Crippen molar-refractivity contribution in [1.29, 1.82) is 0 Å². The number of aromatic nitrogens is 3. The number of pyridine rings is 1. The molecular formula is C32H35N5O4. The van der Waals surface area contributed by atoms with Gasteiger partial charge >= 0.3 is 6.09 Å². The maximum Gasteiger partial charge on any atom is 0.410 e. The molecule has 9 heteroatoms. The van der Waals surface area contributed by atoms with E-state index < -0.39 is 5.60 Å². The van der Waals surface area contributed by atoms with Gasteiger partial charge in [0.25, 0.3) is 0 Å². The van der Waals surface area contributed by atoms with E-state index in [0.717, 1.165) is 22.5 Å². The Balaban J connectivity index is 1.29. The van der Waals surface area contributed by atoms with Gasteiger partial charge in [0, 0.05) is 32.2 Å². The Morgan fingerprint density at radius 1 is 0.780 bits per heavy atom. The molecule has 1 amide bonds. The summed E-state index contributed by atoms with van der Waals surface area (Å²) in [6, 6.07) is 23.6. The Bertz CT molecular complexity index is 1420. The Hall–Kier alpha value is -4.66. The summed E-state index contributed by atoms with van der Waals surface area (Å²) in [4.78, 5) is 30.3. The minimum Gasteiger partial charge on any atom is -0.473 e. The number of amides is 1. The number of benzene rings is 2. The minimum atomic E-state index is -0.514. The molecule has 9 nitrogen and oxygen atoms in total. The molecule has 212 valence electrons. The molecule has 0 spiro atoms. The monoisotopic (exact) mass is 553 g/mol. The second-order valence-electron chi connectivity index (χ2n) is 10.8. The smallest absolute Gasteiger partial charge is 0.410 e. The number of anilines is 1. The summed E-state index contributed by atoms with van der Waals surface area (Å²) in [7, 11) is 0. The molecule has 0 radical (unpaired) electrons. The molecular weight excluding hydrogens is 518 g/mol. The summed E-state index contributed by atoms with van der Waals surface area (Å²) in [5, 5.41) is 0. The maximum absolute atomic E-state index is 12.4. The Kier molecular flexibility index (Phi) is 8.62. The van der Waals surface area contributed by atoms with Gasteiger partial charge in [-0.3, -0.25) is 4.98 Å². The molecule has 41 heavy (non-hydrogen) atoms. The van der Waals surface area contributed by atoms with Crippen molar-refractivity contribution in [2.75, 3.05) is 31.1 Å². The summed E-state index contributed by atoms with van der Waals surface area (Å²) in [6.45, 7) is 8.79. The SMILES string of the molecule is CC(C)(C)OC(=O)N1CCN(c2cnc(-c3ccc(OCc4ccccc4)nc3OCc3ccccc3)cn2)CC1. The number of ether oxygens (including phenoxy) is 3. The molecule has 2 aromatic heterocycles. The van der Waals surface area contributed by atoms with Crippen molar-refractivity contribution in [3.63, 3.8) is 0 Å². The van der Waals surface area contributed by atoms with E-state index in [0.29, 0.717) is 56.8 Å². The van der Waals surface area contributed by atoms with Crippen LogP contribution in [0.1, 0.15) is 31.9 Å². The van der Waals surface area contributed by atoms with Gasteiger partial charge in [0.05, 0.1) is 23.7 Å². The van der Waals surface area contributed by atoms with Crippen LogP contribution in [0, 0.1) is 0 Å². The van der Waals surface area contributed by atoms with E-state index in [1.807, 2.05) is 93.6 Å². The summed E-state index contributed by atoms with van der Waals surface area (Å²) < 4.78 is 17.6. The lowest BCUT2D eigenvalue weighted by Crippen LogP contribution is -2.50. The number of carbonyl (C=O) groups is 1. The van der Waals surface area contributed by atoms with Crippen molar-refractivity contribution in [1.82, 2.24) is 19.9 Å². The van der Waals surface area contributed by atoms with Crippen molar-refractivity contribution >= 4 is 11.9 Å². The third-order valence-electron chi connectivity index (χ3n) is 6.45. The van der Waals surface area contributed by atoms with Crippen LogP contribution in [-0.2, 0) is 18.0 Å². The topological polar surface area (TPSA) is 89.9 Å². The van der Waals surface area contributed by atoms with E-state index in [9.17, 15) is 4.79 Å². The molecule has 0 atom stereocenters. The Labute approximate surface area is 240 Å². The lowest BCUT2D eigenvalue weighted by Gasteiger charge is -2.36. The molecule has 3 heterocycles. The molecule has 1 aliphatic rings. The minimum absolute atomic E-state index is 0.287. The largest absolute Gasteiger partial charge is 0.473 e. The van der Waals surface area contributed by atoms with Gasteiger partial charge in [-0.2, -0.15) is 4.98 Å². The van der Waals surface area contributed by atoms with Crippen LogP contribution >= 0.6 is 0 Å². The van der Waals surface area contributed by atoms with Crippen LogP contribution in [0.4, 0.5) is 10.6 Å². The highest BCUT2D eigenvalue weighted by atomic mass is 16.6. The highest BCUT2D eigenvalue weighted by Crippen LogP contribution is 2.30. The fourth-order valence-electron chi connectivity index (χ4n) is 4.33. The average Bonchev–Trinajstić information content (AvgIpc) is 2.99. The van der Waals surface area contributed by atoms with Gasteiger partial charge in [0.2, 0.25) is 11.8 Å². The standard InChI is InChI=1S/C32H35N5O4/c1-32(2,3)41-31(38)37-18-16-36(17-19-37)28-21-33-27(20-34-28)26-14-15-29(39-22-24-10-6-4-7-11-24)35-30(26)40-23-25-12-8-5-9-13-25/h4-15,20-21H,16-19,22-23H2,1-3H3. The van der Waals surface area contributed by atoms with Crippen LogP contribution in [-0.4, -0.2) is 57.7 Å². The summed E-state index contributed by atoms with van der Waals surface area (Å²) in [5.74, 6) is 1.64. The van der Waals surface area contributed by atoms with Crippen molar-refractivity contribution in [2.24, 2.45) is 0 Å². The van der Waals surface area contributed by atoms with Crippen LogP contribution in [0.3, 0.4) is 0 Å².